The Morgan fingerprint density at radius 2 is 1.97 bits per heavy atom. The van der Waals surface area contributed by atoms with Gasteiger partial charge in [0.25, 0.3) is 5.91 Å². The Bertz CT molecular complexity index is 1220. The number of nitrogens with zero attached hydrogens (tertiary/aromatic N) is 4. The van der Waals surface area contributed by atoms with E-state index >= 15 is 0 Å². The molecule has 1 aliphatic rings. The number of aryl methyl sites for hydroxylation is 1. The van der Waals surface area contributed by atoms with E-state index in [2.05, 4.69) is 10.1 Å². The van der Waals surface area contributed by atoms with E-state index in [1.54, 1.807) is 16.9 Å². The molecule has 2 aromatic heterocycles. The largest absolute Gasteiger partial charge is 0.417 e. The summed E-state index contributed by atoms with van der Waals surface area (Å²) in [6.45, 7) is 3.85. The van der Waals surface area contributed by atoms with E-state index in [1.807, 2.05) is 13.8 Å². The Hall–Kier alpha value is -3.20. The second-order valence-electron chi connectivity index (χ2n) is 7.74. The Morgan fingerprint density at radius 1 is 1.22 bits per heavy atom. The van der Waals surface area contributed by atoms with Gasteiger partial charge in [-0.3, -0.25) is 19.3 Å². The molecule has 0 N–H and O–H groups in total. The van der Waals surface area contributed by atoms with Gasteiger partial charge in [0.15, 0.2) is 5.78 Å². The van der Waals surface area contributed by atoms with Crippen molar-refractivity contribution in [3.63, 3.8) is 0 Å². The number of hydrogen-bond donors (Lipinski definition) is 0. The molecule has 0 radical (unpaired) electrons. The fourth-order valence-electron chi connectivity index (χ4n) is 3.76. The zero-order valence-electron chi connectivity index (χ0n) is 17.2. The molecule has 1 amide bonds. The molecule has 0 saturated heterocycles. The number of carbonyl (C=O) groups is 2. The van der Waals surface area contributed by atoms with E-state index in [1.165, 1.54) is 23.4 Å². The van der Waals surface area contributed by atoms with Crippen molar-refractivity contribution in [3.05, 3.63) is 75.8 Å². The summed E-state index contributed by atoms with van der Waals surface area (Å²) in [6, 6.07) is 4.66. The van der Waals surface area contributed by atoms with Crippen LogP contribution < -0.4 is 4.90 Å². The molecular formula is C22H18ClF3N4O2. The molecule has 0 fully saturated rings. The Kier molecular flexibility index (Phi) is 5.54. The van der Waals surface area contributed by atoms with E-state index in [0.29, 0.717) is 11.1 Å². The van der Waals surface area contributed by atoms with Gasteiger partial charge in [-0.05, 0) is 43.7 Å². The molecular weight excluding hydrogens is 445 g/mol. The third kappa shape index (κ3) is 4.00. The quantitative estimate of drug-likeness (QED) is 0.517. The molecule has 0 spiro atoms. The summed E-state index contributed by atoms with van der Waals surface area (Å²) < 4.78 is 40.7. The first-order valence-corrected chi connectivity index (χ1v) is 10.1. The molecule has 10 heteroatoms. The number of rotatable bonds is 4. The molecule has 3 heterocycles. The lowest BCUT2D eigenvalue weighted by Crippen LogP contribution is -2.43. The predicted octanol–water partition coefficient (Wildman–Crippen LogP) is 4.91. The third-order valence-electron chi connectivity index (χ3n) is 5.30. The van der Waals surface area contributed by atoms with Crippen LogP contribution in [0.2, 0.25) is 5.02 Å². The molecule has 0 unspecified atom stereocenters. The lowest BCUT2D eigenvalue weighted by molar-refractivity contribution is -0.137. The van der Waals surface area contributed by atoms with Crippen molar-refractivity contribution in [3.8, 4) is 0 Å². The highest BCUT2D eigenvalue weighted by atomic mass is 35.5. The van der Waals surface area contributed by atoms with Crippen molar-refractivity contribution in [2.45, 2.75) is 32.5 Å². The summed E-state index contributed by atoms with van der Waals surface area (Å²) in [4.78, 5) is 31.4. The highest BCUT2D eigenvalue weighted by Crippen LogP contribution is 2.37. The number of amides is 1. The highest BCUT2D eigenvalue weighted by molar-refractivity contribution is 6.31. The average Bonchev–Trinajstić information content (AvgIpc) is 3.14. The number of pyridine rings is 1. The van der Waals surface area contributed by atoms with Gasteiger partial charge in [0.1, 0.15) is 5.69 Å². The number of halogens is 4. The van der Waals surface area contributed by atoms with Crippen LogP contribution in [0.25, 0.3) is 0 Å². The van der Waals surface area contributed by atoms with Gasteiger partial charge in [-0.1, -0.05) is 11.6 Å². The topological polar surface area (TPSA) is 68.1 Å². The highest BCUT2D eigenvalue weighted by Gasteiger charge is 2.36. The smallest absolute Gasteiger partial charge is 0.305 e. The molecule has 3 aromatic rings. The first-order chi connectivity index (χ1) is 15.1. The number of Topliss-reactive ketones (excluding diaryl/α,β-unsaturated/α-hetero) is 1. The van der Waals surface area contributed by atoms with Crippen LogP contribution in [-0.4, -0.2) is 33.0 Å². The van der Waals surface area contributed by atoms with Crippen molar-refractivity contribution >= 4 is 29.0 Å². The van der Waals surface area contributed by atoms with Gasteiger partial charge in [-0.15, -0.1) is 0 Å². The molecule has 0 saturated carbocycles. The van der Waals surface area contributed by atoms with Crippen molar-refractivity contribution < 1.29 is 22.8 Å². The lowest BCUT2D eigenvalue weighted by Gasteiger charge is -2.32. The fourth-order valence-corrected chi connectivity index (χ4v) is 4.04. The van der Waals surface area contributed by atoms with Crippen LogP contribution in [0.4, 0.5) is 18.9 Å². The van der Waals surface area contributed by atoms with Crippen LogP contribution >= 0.6 is 11.6 Å². The van der Waals surface area contributed by atoms with Crippen molar-refractivity contribution in [2.75, 3.05) is 11.4 Å². The molecule has 1 aromatic carbocycles. The standard InChI is InChI=1S/C22H18ClF3N4O2/c1-12-5-14(9-27-8-12)19(31)6-15-10-28-30-13(2)11-29(21(32)20(15)30)16-3-4-17(18(23)7-16)22(24,25)26/h3-5,7-10,13H,6,11H2,1-2H3/t13-/m0/s1. The van der Waals surface area contributed by atoms with Gasteiger partial charge in [0.2, 0.25) is 0 Å². The second kappa shape index (κ2) is 8.05. The van der Waals surface area contributed by atoms with E-state index < -0.39 is 22.7 Å². The molecule has 166 valence electrons. The summed E-state index contributed by atoms with van der Waals surface area (Å²) in [6.07, 6.45) is -0.0661. The van der Waals surface area contributed by atoms with E-state index in [4.69, 9.17) is 11.6 Å². The molecule has 1 atom stereocenters. The van der Waals surface area contributed by atoms with Gasteiger partial charge in [0.05, 0.1) is 22.8 Å². The van der Waals surface area contributed by atoms with Crippen molar-refractivity contribution in [2.24, 2.45) is 0 Å². The summed E-state index contributed by atoms with van der Waals surface area (Å²) in [5.41, 5.74) is 1.20. The van der Waals surface area contributed by atoms with Gasteiger partial charge in [-0.2, -0.15) is 18.3 Å². The lowest BCUT2D eigenvalue weighted by atomic mass is 10.0. The summed E-state index contributed by atoms with van der Waals surface area (Å²) in [7, 11) is 0. The maximum absolute atomic E-state index is 13.3. The number of hydrogen-bond acceptors (Lipinski definition) is 4. The minimum absolute atomic E-state index is 0.0550. The SMILES string of the molecule is Cc1cncc(C(=O)Cc2cnn3c2C(=O)N(c2ccc(C(F)(F)F)c(Cl)c2)C[C@@H]3C)c1. The Balaban J connectivity index is 1.66. The molecule has 1 aliphatic heterocycles. The van der Waals surface area contributed by atoms with Crippen LogP contribution in [0, 0.1) is 6.92 Å². The number of benzene rings is 1. The molecule has 4 rings (SSSR count). The van der Waals surface area contributed by atoms with Gasteiger partial charge in [-0.25, -0.2) is 0 Å². The van der Waals surface area contributed by atoms with Crippen molar-refractivity contribution in [1.29, 1.82) is 0 Å². The van der Waals surface area contributed by atoms with E-state index in [-0.39, 0.29) is 36.2 Å². The second-order valence-corrected chi connectivity index (χ2v) is 8.15. The molecule has 0 aliphatic carbocycles. The third-order valence-corrected chi connectivity index (χ3v) is 5.61. The normalized spacial score (nSPS) is 16.2. The number of anilines is 1. The maximum Gasteiger partial charge on any atom is 0.417 e. The predicted molar refractivity (Wildman–Crippen MR) is 112 cm³/mol. The number of alkyl halides is 3. The first kappa shape index (κ1) is 22.0. The van der Waals surface area contributed by atoms with E-state index in [9.17, 15) is 22.8 Å². The van der Waals surface area contributed by atoms with Gasteiger partial charge < -0.3 is 4.90 Å². The minimum atomic E-state index is -4.59. The molecule has 6 nitrogen and oxygen atoms in total. The summed E-state index contributed by atoms with van der Waals surface area (Å²) in [5, 5.41) is 3.78. The number of fused-ring (bicyclic) bond motifs is 1. The minimum Gasteiger partial charge on any atom is -0.305 e. The van der Waals surface area contributed by atoms with Crippen LogP contribution in [-0.2, 0) is 12.6 Å². The van der Waals surface area contributed by atoms with Crippen LogP contribution in [0.15, 0.2) is 42.9 Å². The number of ketones is 1. The fraction of sp³-hybridized carbons (Fsp3) is 0.273. The van der Waals surface area contributed by atoms with Crippen molar-refractivity contribution in [1.82, 2.24) is 14.8 Å². The van der Waals surface area contributed by atoms with Gasteiger partial charge in [0, 0.05) is 42.2 Å². The Labute approximate surface area is 186 Å². The average molecular weight is 463 g/mol. The van der Waals surface area contributed by atoms with Crippen LogP contribution in [0.5, 0.6) is 0 Å². The monoisotopic (exact) mass is 462 g/mol. The maximum atomic E-state index is 13.3. The first-order valence-electron chi connectivity index (χ1n) is 9.76. The zero-order valence-corrected chi connectivity index (χ0v) is 17.9. The zero-order chi connectivity index (χ0) is 23.2. The van der Waals surface area contributed by atoms with Crippen LogP contribution in [0.1, 0.15) is 50.5 Å². The molecule has 32 heavy (non-hydrogen) atoms. The van der Waals surface area contributed by atoms with E-state index in [0.717, 1.165) is 17.7 Å². The van der Waals surface area contributed by atoms with Gasteiger partial charge >= 0.3 is 6.18 Å². The number of aromatic nitrogens is 3. The summed E-state index contributed by atoms with van der Waals surface area (Å²) >= 11 is 5.85. The summed E-state index contributed by atoms with van der Waals surface area (Å²) in [5.74, 6) is -0.672. The molecule has 0 bridgehead atoms. The Morgan fingerprint density at radius 3 is 2.62 bits per heavy atom. The van der Waals surface area contributed by atoms with Crippen LogP contribution in [0.3, 0.4) is 0 Å². The number of carbonyl (C=O) groups excluding carboxylic acids is 2.